The molecule has 4 heteroatoms. The number of hydrogen-bond donors (Lipinski definition) is 1. The number of fused-ring (bicyclic) bond motifs is 1. The highest BCUT2D eigenvalue weighted by atomic mass is 16.3. The van der Waals surface area contributed by atoms with Crippen LogP contribution in [0.4, 0.5) is 0 Å². The van der Waals surface area contributed by atoms with Gasteiger partial charge in [0.1, 0.15) is 11.9 Å². The number of oxazole rings is 1. The Balaban J connectivity index is 2.12. The minimum Gasteiger partial charge on any atom is -0.440 e. The average Bonchev–Trinajstić information content (AvgIpc) is 2.57. The minimum absolute atomic E-state index is 0.0680. The van der Waals surface area contributed by atoms with Gasteiger partial charge in [-0.15, -0.1) is 0 Å². The molecule has 0 aliphatic rings. The van der Waals surface area contributed by atoms with Gasteiger partial charge in [0, 0.05) is 6.04 Å². The number of carbonyl (C=O) groups is 1. The van der Waals surface area contributed by atoms with Crippen molar-refractivity contribution in [3.63, 3.8) is 0 Å². The van der Waals surface area contributed by atoms with Crippen molar-refractivity contribution in [1.82, 2.24) is 10.3 Å². The van der Waals surface area contributed by atoms with Crippen LogP contribution in [0, 0.1) is 0 Å². The highest BCUT2D eigenvalue weighted by Gasteiger charge is 2.10. The molecule has 4 nitrogen and oxygen atoms in total. The molecule has 0 spiro atoms. The summed E-state index contributed by atoms with van der Waals surface area (Å²) in [5.41, 5.74) is 1.50. The van der Waals surface area contributed by atoms with Crippen LogP contribution in [0.25, 0.3) is 11.1 Å². The molecule has 2 aromatic rings. The zero-order valence-corrected chi connectivity index (χ0v) is 9.36. The topological polar surface area (TPSA) is 55.1 Å². The molecule has 0 atom stereocenters. The van der Waals surface area contributed by atoms with Crippen LogP contribution in [0.3, 0.4) is 0 Å². The molecular formula is C12H14N2O2. The zero-order valence-electron chi connectivity index (χ0n) is 9.36. The van der Waals surface area contributed by atoms with Crippen molar-refractivity contribution < 1.29 is 9.21 Å². The second-order valence-electron chi connectivity index (χ2n) is 3.97. The molecule has 84 valence electrons. The highest BCUT2D eigenvalue weighted by Crippen LogP contribution is 2.14. The van der Waals surface area contributed by atoms with Crippen LogP contribution in [0.5, 0.6) is 0 Å². The lowest BCUT2D eigenvalue weighted by atomic mass is 10.3. The summed E-state index contributed by atoms with van der Waals surface area (Å²) in [6.45, 7) is 3.84. The molecule has 0 aliphatic carbocycles. The molecule has 1 heterocycles. The molecule has 0 saturated carbocycles. The van der Waals surface area contributed by atoms with Crippen molar-refractivity contribution in [2.45, 2.75) is 26.3 Å². The first-order valence-corrected chi connectivity index (χ1v) is 5.29. The van der Waals surface area contributed by atoms with Crippen LogP contribution in [0.1, 0.15) is 19.7 Å². The fourth-order valence-electron chi connectivity index (χ4n) is 1.51. The van der Waals surface area contributed by atoms with Gasteiger partial charge in [0.05, 0.1) is 0 Å². The normalized spacial score (nSPS) is 10.9. The summed E-state index contributed by atoms with van der Waals surface area (Å²) < 4.78 is 5.45. The number of hydrogen-bond acceptors (Lipinski definition) is 3. The van der Waals surface area contributed by atoms with Crippen molar-refractivity contribution in [1.29, 1.82) is 0 Å². The van der Waals surface area contributed by atoms with E-state index in [1.54, 1.807) is 0 Å². The van der Waals surface area contributed by atoms with Crippen LogP contribution >= 0.6 is 0 Å². The SMILES string of the molecule is CC(C)NC(=O)Cc1nc2ccccc2o1. The van der Waals surface area contributed by atoms with Gasteiger partial charge in [0.25, 0.3) is 0 Å². The predicted molar refractivity (Wildman–Crippen MR) is 61.0 cm³/mol. The fraction of sp³-hybridized carbons (Fsp3) is 0.333. The number of aromatic nitrogens is 1. The number of amides is 1. The van der Waals surface area contributed by atoms with Crippen molar-refractivity contribution in [2.24, 2.45) is 0 Å². The average molecular weight is 218 g/mol. The molecular weight excluding hydrogens is 204 g/mol. The van der Waals surface area contributed by atoms with E-state index in [2.05, 4.69) is 10.3 Å². The molecule has 0 unspecified atom stereocenters. The maximum Gasteiger partial charge on any atom is 0.229 e. The maximum atomic E-state index is 11.5. The minimum atomic E-state index is -0.0680. The highest BCUT2D eigenvalue weighted by molar-refractivity contribution is 5.79. The Morgan fingerprint density at radius 1 is 1.44 bits per heavy atom. The monoisotopic (exact) mass is 218 g/mol. The molecule has 16 heavy (non-hydrogen) atoms. The number of nitrogens with zero attached hydrogens (tertiary/aromatic N) is 1. The van der Waals surface area contributed by atoms with Crippen molar-refractivity contribution in [3.8, 4) is 0 Å². The smallest absolute Gasteiger partial charge is 0.229 e. The molecule has 1 aromatic carbocycles. The first-order valence-electron chi connectivity index (χ1n) is 5.29. The zero-order chi connectivity index (χ0) is 11.5. The van der Waals surface area contributed by atoms with Gasteiger partial charge in [0.15, 0.2) is 5.58 Å². The Labute approximate surface area is 93.7 Å². The Hall–Kier alpha value is -1.84. The molecule has 1 aromatic heterocycles. The van der Waals surface area contributed by atoms with Crippen molar-refractivity contribution in [3.05, 3.63) is 30.2 Å². The van der Waals surface area contributed by atoms with Gasteiger partial charge in [-0.2, -0.15) is 0 Å². The lowest BCUT2D eigenvalue weighted by molar-refractivity contribution is -0.121. The first kappa shape index (κ1) is 10.7. The summed E-state index contributed by atoms with van der Waals surface area (Å²) in [5, 5.41) is 2.80. The Morgan fingerprint density at radius 3 is 2.88 bits per heavy atom. The number of benzene rings is 1. The number of nitrogens with one attached hydrogen (secondary N) is 1. The first-order chi connectivity index (χ1) is 7.65. The van der Waals surface area contributed by atoms with Gasteiger partial charge in [-0.1, -0.05) is 12.1 Å². The third kappa shape index (κ3) is 2.39. The van der Waals surface area contributed by atoms with Crippen LogP contribution in [0.15, 0.2) is 28.7 Å². The van der Waals surface area contributed by atoms with Gasteiger partial charge < -0.3 is 9.73 Å². The fourth-order valence-corrected chi connectivity index (χ4v) is 1.51. The van der Waals surface area contributed by atoms with E-state index in [1.165, 1.54) is 0 Å². The van der Waals surface area contributed by atoms with E-state index in [-0.39, 0.29) is 18.4 Å². The second kappa shape index (κ2) is 4.35. The second-order valence-corrected chi connectivity index (χ2v) is 3.97. The Morgan fingerprint density at radius 2 is 2.19 bits per heavy atom. The molecule has 0 saturated heterocycles. The lowest BCUT2D eigenvalue weighted by Crippen LogP contribution is -2.31. The third-order valence-corrected chi connectivity index (χ3v) is 2.10. The summed E-state index contributed by atoms with van der Waals surface area (Å²) in [6.07, 6.45) is 0.187. The van der Waals surface area contributed by atoms with Crippen LogP contribution in [0.2, 0.25) is 0 Å². The van der Waals surface area contributed by atoms with Gasteiger partial charge in [-0.25, -0.2) is 4.98 Å². The molecule has 0 bridgehead atoms. The van der Waals surface area contributed by atoms with E-state index in [1.807, 2.05) is 38.1 Å². The molecule has 1 amide bonds. The molecule has 1 N–H and O–H groups in total. The van der Waals surface area contributed by atoms with Gasteiger partial charge in [-0.3, -0.25) is 4.79 Å². The number of carbonyl (C=O) groups excluding carboxylic acids is 1. The van der Waals surface area contributed by atoms with E-state index < -0.39 is 0 Å². The molecule has 0 aliphatic heterocycles. The van der Waals surface area contributed by atoms with E-state index in [0.29, 0.717) is 5.89 Å². The summed E-state index contributed by atoms with van der Waals surface area (Å²) in [5.74, 6) is 0.390. The van der Waals surface area contributed by atoms with Crippen LogP contribution < -0.4 is 5.32 Å². The van der Waals surface area contributed by atoms with E-state index in [4.69, 9.17) is 4.42 Å². The molecule has 0 radical (unpaired) electrons. The van der Waals surface area contributed by atoms with Crippen molar-refractivity contribution in [2.75, 3.05) is 0 Å². The summed E-state index contributed by atoms with van der Waals surface area (Å²) in [4.78, 5) is 15.7. The molecule has 2 rings (SSSR count). The Bertz CT molecular complexity index is 469. The van der Waals surface area contributed by atoms with Gasteiger partial charge in [0.2, 0.25) is 11.8 Å². The van der Waals surface area contributed by atoms with E-state index >= 15 is 0 Å². The largest absolute Gasteiger partial charge is 0.440 e. The summed E-state index contributed by atoms with van der Waals surface area (Å²) in [6, 6.07) is 7.61. The number of para-hydroxylation sites is 2. The Kier molecular flexibility index (Phi) is 2.90. The van der Waals surface area contributed by atoms with Gasteiger partial charge >= 0.3 is 0 Å². The van der Waals surface area contributed by atoms with Crippen LogP contribution in [-0.2, 0) is 11.2 Å². The third-order valence-electron chi connectivity index (χ3n) is 2.10. The quantitative estimate of drug-likeness (QED) is 0.856. The van der Waals surface area contributed by atoms with Gasteiger partial charge in [-0.05, 0) is 26.0 Å². The summed E-state index contributed by atoms with van der Waals surface area (Å²) in [7, 11) is 0. The predicted octanol–water partition coefficient (Wildman–Crippen LogP) is 1.89. The summed E-state index contributed by atoms with van der Waals surface area (Å²) >= 11 is 0. The van der Waals surface area contributed by atoms with Crippen LogP contribution in [-0.4, -0.2) is 16.9 Å². The van der Waals surface area contributed by atoms with Crippen molar-refractivity contribution >= 4 is 17.0 Å². The van der Waals surface area contributed by atoms with E-state index in [9.17, 15) is 4.79 Å². The lowest BCUT2D eigenvalue weighted by Gasteiger charge is -2.05. The standard InChI is InChI=1S/C12H14N2O2/c1-8(2)13-11(15)7-12-14-9-5-3-4-6-10(9)16-12/h3-6,8H,7H2,1-2H3,(H,13,15). The molecule has 0 fully saturated rings. The maximum absolute atomic E-state index is 11.5. The van der Waals surface area contributed by atoms with E-state index in [0.717, 1.165) is 11.1 Å². The number of rotatable bonds is 3.